The molecule has 13 heavy (non-hydrogen) atoms. The maximum atomic E-state index is 5.50. The highest BCUT2D eigenvalue weighted by Crippen LogP contribution is 2.24. The van der Waals surface area contributed by atoms with Gasteiger partial charge in [0.05, 0.1) is 19.3 Å². The number of likely N-dealkylation sites (tertiary alicyclic amines) is 1. The molecule has 1 unspecified atom stereocenters. The van der Waals surface area contributed by atoms with Crippen LogP contribution in [0.3, 0.4) is 0 Å². The first-order valence-corrected chi connectivity index (χ1v) is 5.42. The fourth-order valence-corrected chi connectivity index (χ4v) is 2.27. The molecule has 3 nitrogen and oxygen atoms in total. The van der Waals surface area contributed by atoms with Crippen LogP contribution in [0.25, 0.3) is 0 Å². The summed E-state index contributed by atoms with van der Waals surface area (Å²) >= 11 is 0. The van der Waals surface area contributed by atoms with Crippen molar-refractivity contribution in [3.8, 4) is 0 Å². The van der Waals surface area contributed by atoms with Gasteiger partial charge in [0.2, 0.25) is 0 Å². The Labute approximate surface area is 80.2 Å². The van der Waals surface area contributed by atoms with Crippen LogP contribution in [0.2, 0.25) is 0 Å². The van der Waals surface area contributed by atoms with Gasteiger partial charge in [-0.15, -0.1) is 0 Å². The second-order valence-electron chi connectivity index (χ2n) is 4.27. The highest BCUT2D eigenvalue weighted by atomic mass is 16.5. The molecule has 0 aliphatic carbocycles. The Morgan fingerprint density at radius 2 is 2.23 bits per heavy atom. The molecule has 0 radical (unpaired) electrons. The number of nitrogens with zero attached hydrogens (tertiary/aromatic N) is 1. The van der Waals surface area contributed by atoms with E-state index in [2.05, 4.69) is 4.90 Å². The largest absolute Gasteiger partial charge is 0.378 e. The van der Waals surface area contributed by atoms with Crippen molar-refractivity contribution in [2.24, 2.45) is 11.7 Å². The summed E-state index contributed by atoms with van der Waals surface area (Å²) in [4.78, 5) is 2.59. The molecule has 2 fully saturated rings. The van der Waals surface area contributed by atoms with Crippen molar-refractivity contribution in [2.75, 3.05) is 32.8 Å². The Bertz CT molecular complexity index is 159. The summed E-state index contributed by atoms with van der Waals surface area (Å²) in [7, 11) is 0. The number of nitrogens with two attached hydrogens (primary N) is 1. The highest BCUT2D eigenvalue weighted by Gasteiger charge is 2.31. The molecule has 2 N–H and O–H groups in total. The number of hydrogen-bond acceptors (Lipinski definition) is 3. The Kier molecular flexibility index (Phi) is 3.19. The molecular formula is C10H20N2O. The Morgan fingerprint density at radius 1 is 1.38 bits per heavy atom. The van der Waals surface area contributed by atoms with E-state index in [9.17, 15) is 0 Å². The monoisotopic (exact) mass is 184 g/mol. The smallest absolute Gasteiger partial charge is 0.0645 e. The van der Waals surface area contributed by atoms with Gasteiger partial charge >= 0.3 is 0 Å². The quantitative estimate of drug-likeness (QED) is 0.689. The molecule has 0 spiro atoms. The van der Waals surface area contributed by atoms with Crippen LogP contribution in [0.1, 0.15) is 19.3 Å². The lowest BCUT2D eigenvalue weighted by atomic mass is 10.0. The van der Waals surface area contributed by atoms with Crippen LogP contribution >= 0.6 is 0 Å². The predicted octanol–water partition coefficient (Wildman–Crippen LogP) is 0.446. The third-order valence-corrected chi connectivity index (χ3v) is 3.27. The third-order valence-electron chi connectivity index (χ3n) is 3.27. The van der Waals surface area contributed by atoms with Crippen molar-refractivity contribution in [3.63, 3.8) is 0 Å². The average Bonchev–Trinajstić information content (AvgIpc) is 2.46. The van der Waals surface area contributed by atoms with E-state index >= 15 is 0 Å². The van der Waals surface area contributed by atoms with E-state index in [4.69, 9.17) is 10.5 Å². The minimum absolute atomic E-state index is 0.739. The summed E-state index contributed by atoms with van der Waals surface area (Å²) in [6, 6.07) is 0.739. The molecule has 0 bridgehead atoms. The van der Waals surface area contributed by atoms with Gasteiger partial charge in [-0.25, -0.2) is 0 Å². The van der Waals surface area contributed by atoms with Gasteiger partial charge in [-0.2, -0.15) is 0 Å². The molecular weight excluding hydrogens is 164 g/mol. The van der Waals surface area contributed by atoms with Crippen molar-refractivity contribution in [2.45, 2.75) is 25.3 Å². The lowest BCUT2D eigenvalue weighted by molar-refractivity contribution is -0.0581. The van der Waals surface area contributed by atoms with Crippen molar-refractivity contribution >= 4 is 0 Å². The van der Waals surface area contributed by atoms with Gasteiger partial charge in [-0.3, -0.25) is 4.90 Å². The summed E-state index contributed by atoms with van der Waals surface area (Å²) in [5.74, 6) is 0.907. The molecule has 0 aromatic rings. The molecule has 0 aromatic heterocycles. The Hall–Kier alpha value is -0.120. The van der Waals surface area contributed by atoms with Gasteiger partial charge in [-0.1, -0.05) is 0 Å². The molecule has 0 saturated carbocycles. The minimum Gasteiger partial charge on any atom is -0.378 e. The minimum atomic E-state index is 0.739. The second kappa shape index (κ2) is 4.40. The van der Waals surface area contributed by atoms with E-state index in [0.29, 0.717) is 0 Å². The number of hydrogen-bond donors (Lipinski definition) is 1. The van der Waals surface area contributed by atoms with Crippen molar-refractivity contribution < 1.29 is 4.74 Å². The van der Waals surface area contributed by atoms with Crippen LogP contribution in [0.5, 0.6) is 0 Å². The molecule has 2 rings (SSSR count). The third kappa shape index (κ3) is 2.22. The predicted molar refractivity (Wildman–Crippen MR) is 52.6 cm³/mol. The molecule has 2 aliphatic heterocycles. The van der Waals surface area contributed by atoms with Crippen LogP contribution in [0.4, 0.5) is 0 Å². The summed E-state index contributed by atoms with van der Waals surface area (Å²) in [5.41, 5.74) is 5.50. The van der Waals surface area contributed by atoms with Gasteiger partial charge in [-0.05, 0) is 38.3 Å². The highest BCUT2D eigenvalue weighted by molar-refractivity contribution is 4.84. The van der Waals surface area contributed by atoms with E-state index < -0.39 is 0 Å². The summed E-state index contributed by atoms with van der Waals surface area (Å²) in [5, 5.41) is 0. The maximum absolute atomic E-state index is 5.50. The van der Waals surface area contributed by atoms with Gasteiger partial charge in [0.25, 0.3) is 0 Å². The first-order chi connectivity index (χ1) is 6.40. The summed E-state index contributed by atoms with van der Waals surface area (Å²) in [6.07, 6.45) is 3.89. The normalized spacial score (nSPS) is 30.7. The first-order valence-electron chi connectivity index (χ1n) is 5.42. The van der Waals surface area contributed by atoms with E-state index in [1.807, 2.05) is 0 Å². The molecule has 3 heteroatoms. The topological polar surface area (TPSA) is 38.5 Å². The van der Waals surface area contributed by atoms with E-state index in [1.54, 1.807) is 0 Å². The van der Waals surface area contributed by atoms with Gasteiger partial charge < -0.3 is 10.5 Å². The van der Waals surface area contributed by atoms with Crippen molar-refractivity contribution in [1.29, 1.82) is 0 Å². The van der Waals surface area contributed by atoms with Gasteiger partial charge in [0, 0.05) is 6.54 Å². The number of ether oxygens (including phenoxy) is 1. The molecule has 0 amide bonds. The zero-order valence-electron chi connectivity index (χ0n) is 8.24. The van der Waals surface area contributed by atoms with Gasteiger partial charge in [0.1, 0.15) is 0 Å². The molecule has 0 aromatic carbocycles. The van der Waals surface area contributed by atoms with E-state index in [0.717, 1.165) is 31.7 Å². The second-order valence-corrected chi connectivity index (χ2v) is 4.27. The fraction of sp³-hybridized carbons (Fsp3) is 1.00. The molecule has 1 atom stereocenters. The average molecular weight is 184 g/mol. The van der Waals surface area contributed by atoms with Crippen LogP contribution in [0.15, 0.2) is 0 Å². The molecule has 76 valence electrons. The van der Waals surface area contributed by atoms with Crippen molar-refractivity contribution in [3.05, 3.63) is 0 Å². The van der Waals surface area contributed by atoms with E-state index in [1.165, 1.54) is 32.4 Å². The lowest BCUT2D eigenvalue weighted by Crippen LogP contribution is -2.47. The zero-order chi connectivity index (χ0) is 9.10. The molecule has 2 aliphatic rings. The van der Waals surface area contributed by atoms with Crippen LogP contribution in [-0.4, -0.2) is 43.8 Å². The SMILES string of the molecule is NCCCC1CCN(C2COC2)C1. The summed E-state index contributed by atoms with van der Waals surface area (Å²) in [6.45, 7) is 5.34. The van der Waals surface area contributed by atoms with Crippen LogP contribution < -0.4 is 5.73 Å². The maximum Gasteiger partial charge on any atom is 0.0645 e. The lowest BCUT2D eigenvalue weighted by Gasteiger charge is -2.34. The standard InChI is InChI=1S/C10H20N2O/c11-4-1-2-9-3-5-12(6-9)10-7-13-8-10/h9-10H,1-8,11H2. The van der Waals surface area contributed by atoms with Crippen LogP contribution in [-0.2, 0) is 4.74 Å². The zero-order valence-corrected chi connectivity index (χ0v) is 8.24. The van der Waals surface area contributed by atoms with Gasteiger partial charge in [0.15, 0.2) is 0 Å². The molecule has 2 saturated heterocycles. The Balaban J connectivity index is 1.67. The van der Waals surface area contributed by atoms with Crippen molar-refractivity contribution in [1.82, 2.24) is 4.90 Å². The first kappa shape index (κ1) is 9.44. The molecule has 2 heterocycles. The summed E-state index contributed by atoms with van der Waals surface area (Å²) < 4.78 is 5.20. The fourth-order valence-electron chi connectivity index (χ4n) is 2.27. The van der Waals surface area contributed by atoms with E-state index in [-0.39, 0.29) is 0 Å². The Morgan fingerprint density at radius 3 is 2.85 bits per heavy atom. The van der Waals surface area contributed by atoms with Crippen LogP contribution in [0, 0.1) is 5.92 Å². The number of rotatable bonds is 4.